The van der Waals surface area contributed by atoms with Crippen molar-refractivity contribution in [3.05, 3.63) is 35.9 Å². The van der Waals surface area contributed by atoms with Gasteiger partial charge >= 0.3 is 0 Å². The number of rotatable bonds is 10. The zero-order chi connectivity index (χ0) is 16.2. The Morgan fingerprint density at radius 2 is 1.91 bits per heavy atom. The Morgan fingerprint density at radius 3 is 2.55 bits per heavy atom. The van der Waals surface area contributed by atoms with Crippen LogP contribution in [0.1, 0.15) is 25.3 Å². The van der Waals surface area contributed by atoms with Crippen LogP contribution in [0.5, 0.6) is 0 Å². The molecule has 5 nitrogen and oxygen atoms in total. The second-order valence-electron chi connectivity index (χ2n) is 5.23. The highest BCUT2D eigenvalue weighted by Crippen LogP contribution is 2.01. The van der Waals surface area contributed by atoms with Crippen molar-refractivity contribution in [2.75, 3.05) is 33.4 Å². The Hall–Kier alpha value is -1.88. The van der Waals surface area contributed by atoms with Crippen molar-refractivity contribution in [3.8, 4) is 0 Å². The molecular formula is C17H26N2O3. The molecule has 1 N–H and O–H groups in total. The average molecular weight is 306 g/mol. The first-order valence-corrected chi connectivity index (χ1v) is 7.68. The maximum atomic E-state index is 11.9. The summed E-state index contributed by atoms with van der Waals surface area (Å²) in [7, 11) is 1.62. The summed E-state index contributed by atoms with van der Waals surface area (Å²) in [6.07, 6.45) is 2.56. The lowest BCUT2D eigenvalue weighted by Gasteiger charge is -2.20. The molecule has 0 aliphatic carbocycles. The molecule has 0 saturated carbocycles. The number of ether oxygens (including phenoxy) is 1. The second kappa shape index (κ2) is 10.8. The number of nitrogens with zero attached hydrogens (tertiary/aromatic N) is 1. The van der Waals surface area contributed by atoms with Gasteiger partial charge in [-0.15, -0.1) is 0 Å². The predicted molar refractivity (Wildman–Crippen MR) is 86.5 cm³/mol. The topological polar surface area (TPSA) is 58.6 Å². The summed E-state index contributed by atoms with van der Waals surface area (Å²) in [5.41, 5.74) is 1.27. The van der Waals surface area contributed by atoms with Gasteiger partial charge in [-0.3, -0.25) is 9.59 Å². The van der Waals surface area contributed by atoms with E-state index in [4.69, 9.17) is 4.74 Å². The van der Waals surface area contributed by atoms with Gasteiger partial charge in [0.25, 0.3) is 0 Å². The van der Waals surface area contributed by atoms with Gasteiger partial charge in [-0.2, -0.15) is 0 Å². The van der Waals surface area contributed by atoms with Crippen LogP contribution in [0.4, 0.5) is 0 Å². The largest absolute Gasteiger partial charge is 0.385 e. The third-order valence-electron chi connectivity index (χ3n) is 3.36. The van der Waals surface area contributed by atoms with Gasteiger partial charge in [-0.05, 0) is 24.8 Å². The minimum absolute atomic E-state index is 0.0875. The number of hydrogen-bond donors (Lipinski definition) is 1. The van der Waals surface area contributed by atoms with Crippen LogP contribution in [0.2, 0.25) is 0 Å². The summed E-state index contributed by atoms with van der Waals surface area (Å²) in [6, 6.07) is 10.2. The minimum Gasteiger partial charge on any atom is -0.385 e. The number of hydrogen-bond acceptors (Lipinski definition) is 3. The van der Waals surface area contributed by atoms with E-state index in [1.54, 1.807) is 12.0 Å². The molecule has 122 valence electrons. The number of amides is 2. The zero-order valence-electron chi connectivity index (χ0n) is 13.5. The molecule has 0 spiro atoms. The Balaban J connectivity index is 2.21. The third-order valence-corrected chi connectivity index (χ3v) is 3.36. The zero-order valence-corrected chi connectivity index (χ0v) is 13.5. The normalized spacial score (nSPS) is 10.3. The number of benzene rings is 1. The number of methoxy groups -OCH3 is 1. The molecule has 1 aromatic rings. The van der Waals surface area contributed by atoms with E-state index in [0.29, 0.717) is 19.7 Å². The van der Waals surface area contributed by atoms with Crippen LogP contribution in [-0.4, -0.2) is 50.1 Å². The Labute approximate surface area is 132 Å². The highest BCUT2D eigenvalue weighted by atomic mass is 16.5. The van der Waals surface area contributed by atoms with Gasteiger partial charge in [0.2, 0.25) is 11.8 Å². The predicted octanol–water partition coefficient (Wildman–Crippen LogP) is 1.62. The van der Waals surface area contributed by atoms with Crippen molar-refractivity contribution in [1.82, 2.24) is 10.2 Å². The van der Waals surface area contributed by atoms with E-state index >= 15 is 0 Å². The van der Waals surface area contributed by atoms with Crippen molar-refractivity contribution >= 4 is 11.8 Å². The van der Waals surface area contributed by atoms with E-state index in [2.05, 4.69) is 17.4 Å². The molecule has 1 aromatic carbocycles. The molecule has 0 bridgehead atoms. The molecular weight excluding hydrogens is 280 g/mol. The van der Waals surface area contributed by atoms with Crippen molar-refractivity contribution in [2.24, 2.45) is 0 Å². The SMILES string of the molecule is COCCCN(CC(=O)NCCCc1ccccc1)C(C)=O. The van der Waals surface area contributed by atoms with Gasteiger partial charge in [0.05, 0.1) is 6.54 Å². The van der Waals surface area contributed by atoms with Gasteiger partial charge in [-0.1, -0.05) is 30.3 Å². The molecule has 0 fully saturated rings. The number of carbonyl (C=O) groups excluding carboxylic acids is 2. The quantitative estimate of drug-likeness (QED) is 0.668. The first kappa shape index (κ1) is 18.2. The summed E-state index contributed by atoms with van der Waals surface area (Å²) in [5, 5.41) is 2.86. The fourth-order valence-electron chi connectivity index (χ4n) is 2.14. The van der Waals surface area contributed by atoms with Crippen LogP contribution in [-0.2, 0) is 20.7 Å². The standard InChI is InChI=1S/C17H26N2O3/c1-15(20)19(12-7-13-22-2)14-17(21)18-11-6-10-16-8-4-3-5-9-16/h3-5,8-9H,6-7,10-14H2,1-2H3,(H,18,21). The highest BCUT2D eigenvalue weighted by Gasteiger charge is 2.12. The monoisotopic (exact) mass is 306 g/mol. The fraction of sp³-hybridized carbons (Fsp3) is 0.529. The van der Waals surface area contributed by atoms with Crippen molar-refractivity contribution < 1.29 is 14.3 Å². The van der Waals surface area contributed by atoms with Gasteiger partial charge in [0.15, 0.2) is 0 Å². The van der Waals surface area contributed by atoms with Crippen LogP contribution in [0.15, 0.2) is 30.3 Å². The lowest BCUT2D eigenvalue weighted by Crippen LogP contribution is -2.40. The first-order valence-electron chi connectivity index (χ1n) is 7.68. The fourth-order valence-corrected chi connectivity index (χ4v) is 2.14. The average Bonchev–Trinajstić information content (AvgIpc) is 2.51. The van der Waals surface area contributed by atoms with E-state index in [1.165, 1.54) is 12.5 Å². The second-order valence-corrected chi connectivity index (χ2v) is 5.23. The summed E-state index contributed by atoms with van der Waals surface area (Å²) < 4.78 is 4.96. The maximum absolute atomic E-state index is 11.9. The third kappa shape index (κ3) is 7.78. The minimum atomic E-state index is -0.110. The van der Waals surface area contributed by atoms with Crippen molar-refractivity contribution in [1.29, 1.82) is 0 Å². The number of carbonyl (C=O) groups is 2. The molecule has 5 heteroatoms. The molecule has 0 atom stereocenters. The molecule has 0 unspecified atom stereocenters. The van der Waals surface area contributed by atoms with Crippen LogP contribution < -0.4 is 5.32 Å². The van der Waals surface area contributed by atoms with Gasteiger partial charge in [-0.25, -0.2) is 0 Å². The Morgan fingerprint density at radius 1 is 1.18 bits per heavy atom. The van der Waals surface area contributed by atoms with E-state index in [1.807, 2.05) is 18.2 Å². The molecule has 1 rings (SSSR count). The van der Waals surface area contributed by atoms with Crippen LogP contribution in [0.25, 0.3) is 0 Å². The first-order chi connectivity index (χ1) is 10.6. The molecule has 0 heterocycles. The summed E-state index contributed by atoms with van der Waals surface area (Å²) in [6.45, 7) is 3.35. The molecule has 2 amide bonds. The molecule has 0 aliphatic heterocycles. The van der Waals surface area contributed by atoms with Crippen LogP contribution >= 0.6 is 0 Å². The summed E-state index contributed by atoms with van der Waals surface area (Å²) in [4.78, 5) is 24.9. The maximum Gasteiger partial charge on any atom is 0.239 e. The smallest absolute Gasteiger partial charge is 0.239 e. The number of nitrogens with one attached hydrogen (secondary N) is 1. The molecule has 0 aliphatic rings. The van der Waals surface area contributed by atoms with Crippen LogP contribution in [0.3, 0.4) is 0 Å². The van der Waals surface area contributed by atoms with E-state index in [9.17, 15) is 9.59 Å². The summed E-state index contributed by atoms with van der Waals surface area (Å²) >= 11 is 0. The van der Waals surface area contributed by atoms with Gasteiger partial charge in [0, 0.05) is 33.7 Å². The van der Waals surface area contributed by atoms with E-state index in [-0.39, 0.29) is 18.4 Å². The molecule has 0 radical (unpaired) electrons. The van der Waals surface area contributed by atoms with Gasteiger partial charge < -0.3 is 15.0 Å². The number of aryl methyl sites for hydroxylation is 1. The Kier molecular flexibility index (Phi) is 8.91. The lowest BCUT2D eigenvalue weighted by atomic mass is 10.1. The van der Waals surface area contributed by atoms with Crippen molar-refractivity contribution in [2.45, 2.75) is 26.2 Å². The van der Waals surface area contributed by atoms with Crippen molar-refractivity contribution in [3.63, 3.8) is 0 Å². The molecule has 0 aromatic heterocycles. The van der Waals surface area contributed by atoms with Gasteiger partial charge in [0.1, 0.15) is 0 Å². The van der Waals surface area contributed by atoms with Crippen LogP contribution in [0, 0.1) is 0 Å². The molecule has 0 saturated heterocycles. The van der Waals surface area contributed by atoms with E-state index < -0.39 is 0 Å². The highest BCUT2D eigenvalue weighted by molar-refractivity contribution is 5.83. The van der Waals surface area contributed by atoms with E-state index in [0.717, 1.165) is 19.3 Å². The molecule has 22 heavy (non-hydrogen) atoms. The lowest BCUT2D eigenvalue weighted by molar-refractivity contribution is -0.134. The summed E-state index contributed by atoms with van der Waals surface area (Å²) in [5.74, 6) is -0.198. The Bertz CT molecular complexity index is 448.